The van der Waals surface area contributed by atoms with Crippen LogP contribution in [0, 0.1) is 0 Å². The number of para-hydroxylation sites is 1. The lowest BCUT2D eigenvalue weighted by atomic mass is 10.1. The van der Waals surface area contributed by atoms with Crippen LogP contribution in [-0.2, 0) is 0 Å². The van der Waals surface area contributed by atoms with Crippen molar-refractivity contribution >= 4 is 17.6 Å². The number of nitrogens with zero attached hydrogens (tertiary/aromatic N) is 1. The molecule has 0 aromatic heterocycles. The SMILES string of the molecule is O=C(NCCCOc1ccccc1Cl)N1CCCCC1. The molecule has 1 aromatic carbocycles. The van der Waals surface area contributed by atoms with Crippen LogP contribution in [0.1, 0.15) is 25.7 Å². The summed E-state index contributed by atoms with van der Waals surface area (Å²) in [6.07, 6.45) is 4.23. The van der Waals surface area contributed by atoms with E-state index in [0.717, 1.165) is 32.4 Å². The van der Waals surface area contributed by atoms with Gasteiger partial charge in [0, 0.05) is 19.6 Å². The maximum Gasteiger partial charge on any atom is 0.317 e. The predicted octanol–water partition coefficient (Wildman–Crippen LogP) is 3.30. The lowest BCUT2D eigenvalue weighted by Gasteiger charge is -2.26. The van der Waals surface area contributed by atoms with Gasteiger partial charge in [0.05, 0.1) is 11.6 Å². The van der Waals surface area contributed by atoms with Crippen molar-refractivity contribution in [1.29, 1.82) is 0 Å². The second-order valence-corrected chi connectivity index (χ2v) is 5.32. The highest BCUT2D eigenvalue weighted by Crippen LogP contribution is 2.22. The molecule has 1 aliphatic heterocycles. The maximum absolute atomic E-state index is 11.8. The van der Waals surface area contributed by atoms with Gasteiger partial charge in [0.1, 0.15) is 5.75 Å². The molecule has 0 saturated carbocycles. The van der Waals surface area contributed by atoms with Crippen LogP contribution in [0.2, 0.25) is 5.02 Å². The normalized spacial score (nSPS) is 14.9. The average Bonchev–Trinajstić information content (AvgIpc) is 2.49. The fourth-order valence-corrected chi connectivity index (χ4v) is 2.41. The zero-order valence-electron chi connectivity index (χ0n) is 11.6. The number of hydrogen-bond acceptors (Lipinski definition) is 2. The summed E-state index contributed by atoms with van der Waals surface area (Å²) in [5.74, 6) is 0.691. The topological polar surface area (TPSA) is 41.6 Å². The fourth-order valence-electron chi connectivity index (χ4n) is 2.22. The Morgan fingerprint density at radius 1 is 1.25 bits per heavy atom. The molecule has 0 bridgehead atoms. The maximum atomic E-state index is 11.8. The molecule has 0 atom stereocenters. The minimum atomic E-state index is 0.0439. The third-order valence-electron chi connectivity index (χ3n) is 3.33. The molecule has 20 heavy (non-hydrogen) atoms. The third kappa shape index (κ3) is 4.60. The van der Waals surface area contributed by atoms with E-state index in [1.54, 1.807) is 6.07 Å². The minimum Gasteiger partial charge on any atom is -0.492 e. The first-order valence-electron chi connectivity index (χ1n) is 7.17. The first-order valence-corrected chi connectivity index (χ1v) is 7.55. The molecular weight excluding hydrogens is 276 g/mol. The Morgan fingerprint density at radius 3 is 2.75 bits per heavy atom. The van der Waals surface area contributed by atoms with E-state index in [2.05, 4.69) is 5.32 Å². The summed E-state index contributed by atoms with van der Waals surface area (Å²) < 4.78 is 5.57. The largest absolute Gasteiger partial charge is 0.492 e. The Hall–Kier alpha value is -1.42. The number of hydrogen-bond donors (Lipinski definition) is 1. The number of halogens is 1. The van der Waals surface area contributed by atoms with Crippen LogP contribution in [0.25, 0.3) is 0 Å². The van der Waals surface area contributed by atoms with Crippen molar-refractivity contribution in [2.45, 2.75) is 25.7 Å². The monoisotopic (exact) mass is 296 g/mol. The molecule has 1 heterocycles. The Bertz CT molecular complexity index is 434. The summed E-state index contributed by atoms with van der Waals surface area (Å²) in [6, 6.07) is 7.44. The van der Waals surface area contributed by atoms with Crippen LogP contribution in [-0.4, -0.2) is 37.2 Å². The molecule has 0 radical (unpaired) electrons. The summed E-state index contributed by atoms with van der Waals surface area (Å²) >= 11 is 5.99. The van der Waals surface area contributed by atoms with Crippen molar-refractivity contribution in [3.05, 3.63) is 29.3 Å². The van der Waals surface area contributed by atoms with Crippen molar-refractivity contribution in [3.63, 3.8) is 0 Å². The fraction of sp³-hybridized carbons (Fsp3) is 0.533. The molecule has 4 nitrogen and oxygen atoms in total. The molecule has 0 unspecified atom stereocenters. The Balaban J connectivity index is 1.59. The molecule has 1 fully saturated rings. The van der Waals surface area contributed by atoms with Crippen LogP contribution in [0.15, 0.2) is 24.3 Å². The van der Waals surface area contributed by atoms with Gasteiger partial charge in [-0.15, -0.1) is 0 Å². The molecule has 5 heteroatoms. The Labute approximate surface area is 125 Å². The Morgan fingerprint density at radius 2 is 2.00 bits per heavy atom. The van der Waals surface area contributed by atoms with Gasteiger partial charge < -0.3 is 15.0 Å². The number of nitrogens with one attached hydrogen (secondary N) is 1. The summed E-state index contributed by atoms with van der Waals surface area (Å²) in [5.41, 5.74) is 0. The second kappa shape index (κ2) is 8.00. The van der Waals surface area contributed by atoms with Crippen LogP contribution in [0.5, 0.6) is 5.75 Å². The summed E-state index contributed by atoms with van der Waals surface area (Å²) in [6.45, 7) is 2.92. The first kappa shape index (κ1) is 15.0. The minimum absolute atomic E-state index is 0.0439. The molecule has 1 saturated heterocycles. The van der Waals surface area contributed by atoms with Crippen LogP contribution in [0.4, 0.5) is 4.79 Å². The third-order valence-corrected chi connectivity index (χ3v) is 3.65. The van der Waals surface area contributed by atoms with Crippen molar-refractivity contribution in [2.75, 3.05) is 26.2 Å². The number of urea groups is 1. The van der Waals surface area contributed by atoms with E-state index < -0.39 is 0 Å². The van der Waals surface area contributed by atoms with E-state index in [9.17, 15) is 4.79 Å². The average molecular weight is 297 g/mol. The molecule has 110 valence electrons. The highest BCUT2D eigenvalue weighted by atomic mass is 35.5. The van der Waals surface area contributed by atoms with Gasteiger partial charge in [-0.25, -0.2) is 4.79 Å². The number of rotatable bonds is 5. The van der Waals surface area contributed by atoms with Gasteiger partial charge in [-0.05, 0) is 37.8 Å². The molecule has 2 amide bonds. The highest BCUT2D eigenvalue weighted by molar-refractivity contribution is 6.32. The van der Waals surface area contributed by atoms with E-state index in [1.807, 2.05) is 23.1 Å². The number of piperidine rings is 1. The lowest BCUT2D eigenvalue weighted by Crippen LogP contribution is -2.43. The van der Waals surface area contributed by atoms with E-state index in [1.165, 1.54) is 6.42 Å². The molecular formula is C15H21ClN2O2. The quantitative estimate of drug-likeness (QED) is 0.847. The number of likely N-dealkylation sites (tertiary alicyclic amines) is 1. The number of benzene rings is 1. The number of carbonyl (C=O) groups excluding carboxylic acids is 1. The predicted molar refractivity (Wildman–Crippen MR) is 80.4 cm³/mol. The van der Waals surface area contributed by atoms with Crippen molar-refractivity contribution in [1.82, 2.24) is 10.2 Å². The van der Waals surface area contributed by atoms with E-state index in [0.29, 0.717) is 23.9 Å². The van der Waals surface area contributed by atoms with Crippen LogP contribution >= 0.6 is 11.6 Å². The highest BCUT2D eigenvalue weighted by Gasteiger charge is 2.15. The van der Waals surface area contributed by atoms with E-state index >= 15 is 0 Å². The Kier molecular flexibility index (Phi) is 5.99. The lowest BCUT2D eigenvalue weighted by molar-refractivity contribution is 0.185. The van der Waals surface area contributed by atoms with Gasteiger partial charge in [-0.3, -0.25) is 0 Å². The van der Waals surface area contributed by atoms with Gasteiger partial charge >= 0.3 is 6.03 Å². The standard InChI is InChI=1S/C15H21ClN2O2/c16-13-7-2-3-8-14(13)20-12-6-9-17-15(19)18-10-4-1-5-11-18/h2-3,7-8H,1,4-6,9-12H2,(H,17,19). The van der Waals surface area contributed by atoms with Crippen LogP contribution < -0.4 is 10.1 Å². The smallest absolute Gasteiger partial charge is 0.317 e. The summed E-state index contributed by atoms with van der Waals surface area (Å²) in [4.78, 5) is 13.7. The zero-order valence-corrected chi connectivity index (χ0v) is 12.4. The van der Waals surface area contributed by atoms with Crippen molar-refractivity contribution < 1.29 is 9.53 Å². The van der Waals surface area contributed by atoms with Gasteiger partial charge in [0.25, 0.3) is 0 Å². The zero-order chi connectivity index (χ0) is 14.2. The number of carbonyl (C=O) groups is 1. The van der Waals surface area contributed by atoms with E-state index in [4.69, 9.17) is 16.3 Å². The number of amides is 2. The molecule has 0 aliphatic carbocycles. The van der Waals surface area contributed by atoms with Gasteiger partial charge in [0.2, 0.25) is 0 Å². The second-order valence-electron chi connectivity index (χ2n) is 4.91. The molecule has 1 aromatic rings. The first-order chi connectivity index (χ1) is 9.77. The van der Waals surface area contributed by atoms with Gasteiger partial charge in [-0.1, -0.05) is 23.7 Å². The molecule has 1 N–H and O–H groups in total. The molecule has 1 aliphatic rings. The van der Waals surface area contributed by atoms with E-state index in [-0.39, 0.29) is 6.03 Å². The molecule has 0 spiro atoms. The summed E-state index contributed by atoms with van der Waals surface area (Å²) in [5, 5.41) is 3.54. The van der Waals surface area contributed by atoms with Crippen molar-refractivity contribution in [2.24, 2.45) is 0 Å². The van der Waals surface area contributed by atoms with Crippen LogP contribution in [0.3, 0.4) is 0 Å². The van der Waals surface area contributed by atoms with Gasteiger partial charge in [0.15, 0.2) is 0 Å². The number of ether oxygens (including phenoxy) is 1. The van der Waals surface area contributed by atoms with Crippen molar-refractivity contribution in [3.8, 4) is 5.75 Å². The van der Waals surface area contributed by atoms with Gasteiger partial charge in [-0.2, -0.15) is 0 Å². The molecule has 2 rings (SSSR count). The summed E-state index contributed by atoms with van der Waals surface area (Å²) in [7, 11) is 0.